The van der Waals surface area contributed by atoms with E-state index in [1.807, 2.05) is 36.4 Å². The number of benzene rings is 2. The Hall–Kier alpha value is -1.76. The molecule has 2 aromatic carbocycles. The third-order valence-electron chi connectivity index (χ3n) is 5.48. The van der Waals surface area contributed by atoms with Crippen LogP contribution in [-0.2, 0) is 14.3 Å². The third kappa shape index (κ3) is 4.71. The van der Waals surface area contributed by atoms with Gasteiger partial charge in [0.25, 0.3) is 0 Å². The summed E-state index contributed by atoms with van der Waals surface area (Å²) in [6, 6.07) is 14.9. The first kappa shape index (κ1) is 20.5. The van der Waals surface area contributed by atoms with Gasteiger partial charge in [-0.05, 0) is 42.7 Å². The fraction of sp³-hybridized carbons (Fsp3) is 0.304. The molecule has 1 heterocycles. The number of ketones is 2. The van der Waals surface area contributed by atoms with Gasteiger partial charge in [0.15, 0.2) is 11.6 Å². The molecule has 0 amide bonds. The van der Waals surface area contributed by atoms with E-state index in [9.17, 15) is 9.59 Å². The summed E-state index contributed by atoms with van der Waals surface area (Å²) in [6.45, 7) is 0.0393. The molecule has 1 aliphatic heterocycles. The second kappa shape index (κ2) is 8.94. The first-order chi connectivity index (χ1) is 14.0. The first-order valence-electron chi connectivity index (χ1n) is 9.57. The molecule has 0 saturated heterocycles. The van der Waals surface area contributed by atoms with Crippen LogP contribution in [0.3, 0.4) is 0 Å². The van der Waals surface area contributed by atoms with Crippen LogP contribution in [0.1, 0.15) is 35.2 Å². The Morgan fingerprint density at radius 2 is 1.66 bits per heavy atom. The number of halogens is 2. The van der Waals surface area contributed by atoms with Crippen molar-refractivity contribution in [3.05, 3.63) is 74.9 Å². The second-order valence-corrected chi connectivity index (χ2v) is 9.19. The predicted molar refractivity (Wildman–Crippen MR) is 118 cm³/mol. The predicted octanol–water partition coefficient (Wildman–Crippen LogP) is 5.59. The Balaban J connectivity index is 1.36. The van der Waals surface area contributed by atoms with Crippen LogP contribution in [0.2, 0.25) is 0 Å². The maximum Gasteiger partial charge on any atom is 0.188 e. The summed E-state index contributed by atoms with van der Waals surface area (Å²) in [7, 11) is 0. The minimum absolute atomic E-state index is 0.0393. The van der Waals surface area contributed by atoms with Gasteiger partial charge in [-0.15, -0.1) is 0 Å². The number of allylic oxidation sites excluding steroid dienone is 1. The van der Waals surface area contributed by atoms with E-state index in [4.69, 9.17) is 9.47 Å². The lowest BCUT2D eigenvalue weighted by atomic mass is 9.78. The quantitative estimate of drug-likeness (QED) is 0.483. The maximum atomic E-state index is 13.0. The molecule has 150 valence electrons. The van der Waals surface area contributed by atoms with Gasteiger partial charge in [0, 0.05) is 20.9 Å². The Morgan fingerprint density at radius 3 is 2.34 bits per heavy atom. The Kier molecular flexibility index (Phi) is 6.32. The number of carbonyl (C=O) groups is 2. The van der Waals surface area contributed by atoms with Crippen molar-refractivity contribution in [2.24, 2.45) is 5.92 Å². The van der Waals surface area contributed by atoms with Gasteiger partial charge in [0.1, 0.15) is 12.7 Å². The van der Waals surface area contributed by atoms with Crippen molar-refractivity contribution in [1.29, 1.82) is 0 Å². The van der Waals surface area contributed by atoms with Crippen LogP contribution in [0, 0.1) is 5.92 Å². The van der Waals surface area contributed by atoms with E-state index >= 15 is 0 Å². The molecule has 1 saturated carbocycles. The van der Waals surface area contributed by atoms with E-state index in [1.165, 1.54) is 0 Å². The number of rotatable bonds is 5. The number of ether oxygens (including phenoxy) is 2. The standard InChI is InChI=1S/C23H20Br2O4/c24-16-5-1-14(2-6-16)20-12-29-22-11-18(9-10-19(22)23(20)27)28-13-21(26)15-3-7-17(25)8-4-15/h1-8,12,18-19,22H,9-11,13H2. The average Bonchev–Trinajstić information content (AvgIpc) is 2.73. The van der Waals surface area contributed by atoms with Gasteiger partial charge in [0.05, 0.1) is 23.9 Å². The van der Waals surface area contributed by atoms with E-state index in [0.717, 1.165) is 20.9 Å². The van der Waals surface area contributed by atoms with E-state index in [0.29, 0.717) is 24.0 Å². The normalized spacial score (nSPS) is 23.7. The van der Waals surface area contributed by atoms with Crippen molar-refractivity contribution < 1.29 is 19.1 Å². The van der Waals surface area contributed by atoms with Gasteiger partial charge in [-0.1, -0.05) is 56.1 Å². The highest BCUT2D eigenvalue weighted by atomic mass is 79.9. The number of hydrogen-bond donors (Lipinski definition) is 0. The van der Waals surface area contributed by atoms with Crippen molar-refractivity contribution in [3.8, 4) is 0 Å². The molecule has 29 heavy (non-hydrogen) atoms. The fourth-order valence-electron chi connectivity index (χ4n) is 3.86. The Bertz CT molecular complexity index is 934. The van der Waals surface area contributed by atoms with Crippen LogP contribution in [0.15, 0.2) is 63.7 Å². The number of carbonyl (C=O) groups excluding carboxylic acids is 2. The van der Waals surface area contributed by atoms with Crippen molar-refractivity contribution in [1.82, 2.24) is 0 Å². The lowest BCUT2D eigenvalue weighted by Gasteiger charge is -2.37. The summed E-state index contributed by atoms with van der Waals surface area (Å²) >= 11 is 6.78. The zero-order valence-corrected chi connectivity index (χ0v) is 18.8. The van der Waals surface area contributed by atoms with Gasteiger partial charge in [-0.2, -0.15) is 0 Å². The van der Waals surface area contributed by atoms with Gasteiger partial charge in [-0.3, -0.25) is 9.59 Å². The zero-order chi connectivity index (χ0) is 20.4. The molecule has 6 heteroatoms. The van der Waals surface area contributed by atoms with Crippen molar-refractivity contribution in [3.63, 3.8) is 0 Å². The SMILES string of the molecule is O=C(COC1CCC2C(=O)C(c3ccc(Br)cc3)=COC2C1)c1ccc(Br)cc1. The van der Waals surface area contributed by atoms with Crippen LogP contribution in [-0.4, -0.2) is 30.4 Å². The minimum Gasteiger partial charge on any atom is -0.496 e. The summed E-state index contributed by atoms with van der Waals surface area (Å²) in [4.78, 5) is 25.3. The monoisotopic (exact) mass is 518 g/mol. The maximum absolute atomic E-state index is 13.0. The molecule has 1 aliphatic carbocycles. The van der Waals surface area contributed by atoms with Crippen LogP contribution in [0.25, 0.3) is 5.57 Å². The molecule has 1 fully saturated rings. The van der Waals surface area contributed by atoms with E-state index in [2.05, 4.69) is 31.9 Å². The largest absolute Gasteiger partial charge is 0.496 e. The smallest absolute Gasteiger partial charge is 0.188 e. The van der Waals surface area contributed by atoms with Gasteiger partial charge in [0.2, 0.25) is 0 Å². The number of Topliss-reactive ketones (excluding diaryl/α,β-unsaturated/α-hetero) is 2. The van der Waals surface area contributed by atoms with E-state index < -0.39 is 0 Å². The lowest BCUT2D eigenvalue weighted by Crippen LogP contribution is -2.41. The zero-order valence-electron chi connectivity index (χ0n) is 15.6. The highest BCUT2D eigenvalue weighted by Crippen LogP contribution is 2.37. The van der Waals surface area contributed by atoms with Crippen molar-refractivity contribution in [2.45, 2.75) is 31.5 Å². The molecule has 0 bridgehead atoms. The molecule has 0 aromatic heterocycles. The molecule has 4 nitrogen and oxygen atoms in total. The summed E-state index contributed by atoms with van der Waals surface area (Å²) in [5.41, 5.74) is 2.13. The van der Waals surface area contributed by atoms with Gasteiger partial charge >= 0.3 is 0 Å². The fourth-order valence-corrected chi connectivity index (χ4v) is 4.39. The third-order valence-corrected chi connectivity index (χ3v) is 6.54. The first-order valence-corrected chi connectivity index (χ1v) is 11.2. The van der Waals surface area contributed by atoms with Gasteiger partial charge in [-0.25, -0.2) is 0 Å². The van der Waals surface area contributed by atoms with Crippen molar-refractivity contribution >= 4 is 49.0 Å². The van der Waals surface area contributed by atoms with Crippen molar-refractivity contribution in [2.75, 3.05) is 6.61 Å². The van der Waals surface area contributed by atoms with E-state index in [-0.39, 0.29) is 36.3 Å². The highest BCUT2D eigenvalue weighted by molar-refractivity contribution is 9.10. The molecule has 4 rings (SSSR count). The average molecular weight is 520 g/mol. The molecule has 0 radical (unpaired) electrons. The molecule has 2 aromatic rings. The topological polar surface area (TPSA) is 52.6 Å². The second-order valence-electron chi connectivity index (χ2n) is 7.36. The van der Waals surface area contributed by atoms with Crippen LogP contribution >= 0.6 is 31.9 Å². The molecule has 2 aliphatic rings. The molecular weight excluding hydrogens is 500 g/mol. The van der Waals surface area contributed by atoms with Crippen LogP contribution in [0.5, 0.6) is 0 Å². The van der Waals surface area contributed by atoms with Gasteiger partial charge < -0.3 is 9.47 Å². The number of hydrogen-bond acceptors (Lipinski definition) is 4. The molecule has 3 unspecified atom stereocenters. The molecular formula is C23H20Br2O4. The lowest BCUT2D eigenvalue weighted by molar-refractivity contribution is -0.127. The minimum atomic E-state index is -0.191. The summed E-state index contributed by atoms with van der Waals surface area (Å²) in [5, 5.41) is 0. The summed E-state index contributed by atoms with van der Waals surface area (Å²) < 4.78 is 13.7. The molecule has 0 N–H and O–H groups in total. The number of fused-ring (bicyclic) bond motifs is 1. The highest BCUT2D eigenvalue weighted by Gasteiger charge is 2.40. The molecule has 0 spiro atoms. The Morgan fingerprint density at radius 1 is 1.00 bits per heavy atom. The van der Waals surface area contributed by atoms with E-state index in [1.54, 1.807) is 18.4 Å². The van der Waals surface area contributed by atoms with Crippen LogP contribution in [0.4, 0.5) is 0 Å². The van der Waals surface area contributed by atoms with Crippen LogP contribution < -0.4 is 0 Å². The molecule has 3 atom stereocenters. The summed E-state index contributed by atoms with van der Waals surface area (Å²) in [5.74, 6) is -0.0636. The Labute approximate surface area is 186 Å². The summed E-state index contributed by atoms with van der Waals surface area (Å²) in [6.07, 6.45) is 3.39.